The second kappa shape index (κ2) is 8.40. The number of hydrogen-bond acceptors (Lipinski definition) is 4. The van der Waals surface area contributed by atoms with Crippen LogP contribution in [0.15, 0.2) is 60.0 Å². The average Bonchev–Trinajstić information content (AvgIpc) is 3.12. The van der Waals surface area contributed by atoms with Crippen molar-refractivity contribution in [1.82, 2.24) is 4.98 Å². The molecule has 0 fully saturated rings. The Morgan fingerprint density at radius 3 is 2.42 bits per heavy atom. The summed E-state index contributed by atoms with van der Waals surface area (Å²) in [7, 11) is 0. The van der Waals surface area contributed by atoms with Gasteiger partial charge in [0.2, 0.25) is 5.91 Å². The molecule has 0 bridgehead atoms. The normalized spacial score (nSPS) is 10.3. The number of carbonyl (C=O) groups is 2. The fraction of sp³-hybridized carbons (Fsp3) is 0.150. The van der Waals surface area contributed by atoms with Crippen LogP contribution in [0.3, 0.4) is 0 Å². The van der Waals surface area contributed by atoms with Crippen molar-refractivity contribution in [1.29, 1.82) is 0 Å². The molecule has 132 valence electrons. The van der Waals surface area contributed by atoms with Crippen molar-refractivity contribution in [3.63, 3.8) is 0 Å². The molecule has 0 saturated carbocycles. The van der Waals surface area contributed by atoms with E-state index in [9.17, 15) is 9.59 Å². The van der Waals surface area contributed by atoms with Gasteiger partial charge in [0.05, 0.1) is 5.69 Å². The van der Waals surface area contributed by atoms with E-state index in [0.717, 1.165) is 17.7 Å². The molecule has 3 rings (SSSR count). The van der Waals surface area contributed by atoms with Gasteiger partial charge in [-0.1, -0.05) is 37.3 Å². The van der Waals surface area contributed by atoms with Crippen LogP contribution in [0.4, 0.5) is 10.8 Å². The lowest BCUT2D eigenvalue weighted by molar-refractivity contribution is -0.116. The molecule has 1 aromatic heterocycles. The zero-order chi connectivity index (χ0) is 18.4. The molecule has 0 aliphatic carbocycles. The number of rotatable bonds is 6. The molecule has 1 heterocycles. The predicted octanol–water partition coefficient (Wildman–Crippen LogP) is 4.80. The van der Waals surface area contributed by atoms with Crippen LogP contribution >= 0.6 is 11.3 Å². The number of hydrogen-bond donors (Lipinski definition) is 2. The van der Waals surface area contributed by atoms with E-state index < -0.39 is 0 Å². The molecular formula is C20H19N3O2S. The monoisotopic (exact) mass is 365 g/mol. The highest BCUT2D eigenvalue weighted by Gasteiger charge is 2.10. The molecule has 0 aliphatic heterocycles. The van der Waals surface area contributed by atoms with Crippen molar-refractivity contribution < 1.29 is 9.59 Å². The topological polar surface area (TPSA) is 71.1 Å². The van der Waals surface area contributed by atoms with Crippen molar-refractivity contribution in [3.8, 4) is 11.3 Å². The Labute approximate surface area is 156 Å². The molecule has 0 unspecified atom stereocenters. The van der Waals surface area contributed by atoms with Crippen molar-refractivity contribution in [3.05, 3.63) is 65.5 Å². The fourth-order valence-corrected chi connectivity index (χ4v) is 3.11. The maximum atomic E-state index is 12.4. The molecule has 0 aliphatic rings. The first-order chi connectivity index (χ1) is 12.7. The minimum absolute atomic E-state index is 0.0269. The Kier molecular flexibility index (Phi) is 5.76. The summed E-state index contributed by atoms with van der Waals surface area (Å²) in [5.41, 5.74) is 3.03. The summed E-state index contributed by atoms with van der Waals surface area (Å²) < 4.78 is 0. The van der Waals surface area contributed by atoms with Gasteiger partial charge in [0.15, 0.2) is 5.13 Å². The number of aromatic nitrogens is 1. The SMILES string of the molecule is CCCC(=O)Nc1ccc(C(=O)Nc2nc(-c3ccccc3)cs2)cc1. The Morgan fingerprint density at radius 2 is 1.73 bits per heavy atom. The van der Waals surface area contributed by atoms with Crippen molar-refractivity contribution in [2.45, 2.75) is 19.8 Å². The predicted molar refractivity (Wildman–Crippen MR) is 105 cm³/mol. The maximum Gasteiger partial charge on any atom is 0.257 e. The first kappa shape index (κ1) is 17.8. The smallest absolute Gasteiger partial charge is 0.257 e. The Balaban J connectivity index is 1.63. The number of thiazole rings is 1. The van der Waals surface area contributed by atoms with E-state index in [1.54, 1.807) is 24.3 Å². The standard InChI is InChI=1S/C20H19N3O2S/c1-2-6-18(24)21-16-11-9-15(10-12-16)19(25)23-20-22-17(13-26-20)14-7-4-3-5-8-14/h3-5,7-13H,2,6H2,1H3,(H,21,24)(H,22,23,25). The summed E-state index contributed by atoms with van der Waals surface area (Å²) in [4.78, 5) is 28.4. The third-order valence-corrected chi connectivity index (χ3v) is 4.46. The van der Waals surface area contributed by atoms with Crippen molar-refractivity contribution >= 4 is 34.0 Å². The van der Waals surface area contributed by atoms with Gasteiger partial charge in [0, 0.05) is 28.6 Å². The van der Waals surface area contributed by atoms with Gasteiger partial charge in [-0.3, -0.25) is 14.9 Å². The fourth-order valence-electron chi connectivity index (χ4n) is 2.40. The number of amides is 2. The first-order valence-electron chi connectivity index (χ1n) is 8.38. The van der Waals surface area contributed by atoms with E-state index in [0.29, 0.717) is 22.8 Å². The number of carbonyl (C=O) groups excluding carboxylic acids is 2. The lowest BCUT2D eigenvalue weighted by Crippen LogP contribution is -2.13. The van der Waals surface area contributed by atoms with Gasteiger partial charge in [0.25, 0.3) is 5.91 Å². The van der Waals surface area contributed by atoms with Gasteiger partial charge in [-0.2, -0.15) is 0 Å². The van der Waals surface area contributed by atoms with Gasteiger partial charge < -0.3 is 5.32 Å². The molecular weight excluding hydrogens is 346 g/mol. The van der Waals surface area contributed by atoms with Crippen LogP contribution in [0.2, 0.25) is 0 Å². The largest absolute Gasteiger partial charge is 0.326 e. The van der Waals surface area contributed by atoms with Gasteiger partial charge in [0.1, 0.15) is 0 Å². The third-order valence-electron chi connectivity index (χ3n) is 3.70. The first-order valence-corrected chi connectivity index (χ1v) is 9.26. The molecule has 3 aromatic rings. The van der Waals surface area contributed by atoms with E-state index in [-0.39, 0.29) is 11.8 Å². The highest BCUT2D eigenvalue weighted by Crippen LogP contribution is 2.25. The zero-order valence-electron chi connectivity index (χ0n) is 14.4. The minimum Gasteiger partial charge on any atom is -0.326 e. The van der Waals surface area contributed by atoms with E-state index in [1.807, 2.05) is 42.6 Å². The van der Waals surface area contributed by atoms with E-state index in [4.69, 9.17) is 0 Å². The van der Waals surface area contributed by atoms with Crippen LogP contribution in [-0.2, 0) is 4.79 Å². The molecule has 2 aromatic carbocycles. The lowest BCUT2D eigenvalue weighted by atomic mass is 10.2. The van der Waals surface area contributed by atoms with Crippen LogP contribution in [0.1, 0.15) is 30.1 Å². The second-order valence-electron chi connectivity index (χ2n) is 5.73. The Morgan fingerprint density at radius 1 is 1.00 bits per heavy atom. The molecule has 6 heteroatoms. The van der Waals surface area contributed by atoms with Gasteiger partial charge in [-0.15, -0.1) is 11.3 Å². The summed E-state index contributed by atoms with van der Waals surface area (Å²) in [5, 5.41) is 8.07. The van der Waals surface area contributed by atoms with Crippen molar-refractivity contribution in [2.24, 2.45) is 0 Å². The molecule has 5 nitrogen and oxygen atoms in total. The van der Waals surface area contributed by atoms with E-state index >= 15 is 0 Å². The van der Waals surface area contributed by atoms with E-state index in [2.05, 4.69) is 15.6 Å². The third kappa shape index (κ3) is 4.55. The van der Waals surface area contributed by atoms with Crippen LogP contribution < -0.4 is 10.6 Å². The molecule has 2 amide bonds. The number of nitrogens with zero attached hydrogens (tertiary/aromatic N) is 1. The molecule has 0 saturated heterocycles. The number of benzene rings is 2. The van der Waals surface area contributed by atoms with Crippen LogP contribution in [0, 0.1) is 0 Å². The molecule has 0 radical (unpaired) electrons. The average molecular weight is 365 g/mol. The second-order valence-corrected chi connectivity index (χ2v) is 6.59. The summed E-state index contributed by atoms with van der Waals surface area (Å²) in [6, 6.07) is 16.6. The summed E-state index contributed by atoms with van der Waals surface area (Å²) >= 11 is 1.38. The Hall–Kier alpha value is -2.99. The van der Waals surface area contributed by atoms with Gasteiger partial charge in [-0.05, 0) is 30.7 Å². The highest BCUT2D eigenvalue weighted by molar-refractivity contribution is 7.14. The molecule has 26 heavy (non-hydrogen) atoms. The summed E-state index contributed by atoms with van der Waals surface area (Å²) in [6.07, 6.45) is 1.28. The van der Waals surface area contributed by atoms with E-state index in [1.165, 1.54) is 11.3 Å². The summed E-state index contributed by atoms with van der Waals surface area (Å²) in [6.45, 7) is 1.95. The quantitative estimate of drug-likeness (QED) is 0.659. The number of nitrogens with one attached hydrogen (secondary N) is 2. The lowest BCUT2D eigenvalue weighted by Gasteiger charge is -2.06. The van der Waals surface area contributed by atoms with Gasteiger partial charge >= 0.3 is 0 Å². The molecule has 0 atom stereocenters. The summed E-state index contributed by atoms with van der Waals surface area (Å²) in [5.74, 6) is -0.258. The van der Waals surface area contributed by atoms with Gasteiger partial charge in [-0.25, -0.2) is 4.98 Å². The number of anilines is 2. The Bertz CT molecular complexity index is 889. The zero-order valence-corrected chi connectivity index (χ0v) is 15.2. The minimum atomic E-state index is -0.231. The molecule has 2 N–H and O–H groups in total. The van der Waals surface area contributed by atoms with Crippen LogP contribution in [-0.4, -0.2) is 16.8 Å². The van der Waals surface area contributed by atoms with Crippen LogP contribution in [0.5, 0.6) is 0 Å². The maximum absolute atomic E-state index is 12.4. The van der Waals surface area contributed by atoms with Crippen molar-refractivity contribution in [2.75, 3.05) is 10.6 Å². The highest BCUT2D eigenvalue weighted by atomic mass is 32.1. The van der Waals surface area contributed by atoms with Crippen LogP contribution in [0.25, 0.3) is 11.3 Å². The molecule has 0 spiro atoms.